The number of anilines is 2. The van der Waals surface area contributed by atoms with Crippen LogP contribution < -0.4 is 9.62 Å². The molecule has 0 heterocycles. The van der Waals surface area contributed by atoms with Gasteiger partial charge in [0.2, 0.25) is 15.9 Å². The van der Waals surface area contributed by atoms with Crippen LogP contribution in [0.2, 0.25) is 0 Å². The summed E-state index contributed by atoms with van der Waals surface area (Å²) in [7, 11) is -3.43. The Morgan fingerprint density at radius 2 is 1.66 bits per heavy atom. The molecular weight excluding hydrogens is 384 g/mol. The van der Waals surface area contributed by atoms with Crippen molar-refractivity contribution >= 4 is 38.1 Å². The maximum atomic E-state index is 12.3. The molecule has 0 saturated heterocycles. The molecule has 0 radical (unpaired) electrons. The van der Waals surface area contributed by atoms with Crippen LogP contribution in [0, 0.1) is 13.8 Å². The van der Waals surface area contributed by atoms with Gasteiger partial charge in [-0.15, -0.1) is 0 Å². The van der Waals surface area contributed by atoms with Gasteiger partial charge < -0.3 is 5.32 Å². The zero-order valence-electron chi connectivity index (χ0n) is 17.0. The van der Waals surface area contributed by atoms with E-state index >= 15 is 0 Å². The van der Waals surface area contributed by atoms with Crippen molar-refractivity contribution in [3.63, 3.8) is 0 Å². The highest BCUT2D eigenvalue weighted by Crippen LogP contribution is 2.22. The molecule has 0 fully saturated rings. The van der Waals surface area contributed by atoms with Gasteiger partial charge in [-0.05, 0) is 66.4 Å². The van der Waals surface area contributed by atoms with Crippen molar-refractivity contribution < 1.29 is 13.2 Å². The van der Waals surface area contributed by atoms with Gasteiger partial charge in [-0.1, -0.05) is 36.4 Å². The topological polar surface area (TPSA) is 66.5 Å². The Labute approximate surface area is 172 Å². The molecule has 0 aliphatic rings. The summed E-state index contributed by atoms with van der Waals surface area (Å²) in [5, 5.41) is 5.07. The molecule has 0 aliphatic carbocycles. The van der Waals surface area contributed by atoms with Crippen molar-refractivity contribution in [2.45, 2.75) is 26.7 Å². The van der Waals surface area contributed by atoms with Crippen molar-refractivity contribution in [2.24, 2.45) is 0 Å². The highest BCUT2D eigenvalue weighted by Gasteiger charge is 2.18. The summed E-state index contributed by atoms with van der Waals surface area (Å²) in [6.45, 7) is 4.20. The lowest BCUT2D eigenvalue weighted by Gasteiger charge is -2.23. The predicted octanol–water partition coefficient (Wildman–Crippen LogP) is 4.64. The lowest BCUT2D eigenvalue weighted by molar-refractivity contribution is -0.116. The van der Waals surface area contributed by atoms with Crippen LogP contribution in [-0.2, 0) is 14.8 Å². The third-order valence-electron chi connectivity index (χ3n) is 4.98. The Morgan fingerprint density at radius 3 is 2.34 bits per heavy atom. The van der Waals surface area contributed by atoms with E-state index in [4.69, 9.17) is 0 Å². The van der Waals surface area contributed by atoms with Crippen LogP contribution in [0.3, 0.4) is 0 Å². The van der Waals surface area contributed by atoms with Gasteiger partial charge in [0, 0.05) is 18.7 Å². The number of aryl methyl sites for hydroxylation is 2. The van der Waals surface area contributed by atoms with Crippen molar-refractivity contribution in [3.8, 4) is 0 Å². The summed E-state index contributed by atoms with van der Waals surface area (Å²) >= 11 is 0. The largest absolute Gasteiger partial charge is 0.326 e. The molecule has 29 heavy (non-hydrogen) atoms. The fraction of sp³-hybridized carbons (Fsp3) is 0.261. The maximum Gasteiger partial charge on any atom is 0.232 e. The van der Waals surface area contributed by atoms with E-state index in [0.717, 1.165) is 27.6 Å². The number of carbonyl (C=O) groups is 1. The molecule has 0 saturated carbocycles. The monoisotopic (exact) mass is 410 g/mol. The molecular formula is C23H26N2O3S. The molecule has 0 spiro atoms. The third-order valence-corrected chi connectivity index (χ3v) is 6.17. The number of carbonyl (C=O) groups excluding carboxylic acids is 1. The number of rotatable bonds is 7. The summed E-state index contributed by atoms with van der Waals surface area (Å²) in [4.78, 5) is 12.3. The number of hydrogen-bond donors (Lipinski definition) is 1. The average molecular weight is 411 g/mol. The first-order valence-electron chi connectivity index (χ1n) is 9.58. The first kappa shape index (κ1) is 20.9. The first-order chi connectivity index (χ1) is 13.7. The standard InChI is InChI=1S/C23H26N2O3S/c1-17-10-13-22(15-18(17)2)25(29(3,27)28)14-6-9-23(26)24-21-12-11-19-7-4-5-8-20(19)16-21/h4-5,7-8,10-13,15-16H,6,9,14H2,1-3H3,(H,24,26). The minimum Gasteiger partial charge on any atom is -0.326 e. The fourth-order valence-corrected chi connectivity index (χ4v) is 4.20. The Kier molecular flexibility index (Phi) is 6.23. The summed E-state index contributed by atoms with van der Waals surface area (Å²) in [5.41, 5.74) is 3.51. The van der Waals surface area contributed by atoms with Crippen LogP contribution in [0.1, 0.15) is 24.0 Å². The second-order valence-corrected chi connectivity index (χ2v) is 9.22. The smallest absolute Gasteiger partial charge is 0.232 e. The molecule has 3 aromatic rings. The average Bonchev–Trinajstić information content (AvgIpc) is 2.66. The Morgan fingerprint density at radius 1 is 0.931 bits per heavy atom. The molecule has 3 aromatic carbocycles. The Balaban J connectivity index is 1.62. The number of nitrogens with zero attached hydrogens (tertiary/aromatic N) is 1. The van der Waals surface area contributed by atoms with Crippen molar-refractivity contribution in [1.82, 2.24) is 0 Å². The van der Waals surface area contributed by atoms with Gasteiger partial charge in [-0.2, -0.15) is 0 Å². The predicted molar refractivity (Wildman–Crippen MR) is 120 cm³/mol. The lowest BCUT2D eigenvalue weighted by Crippen LogP contribution is -2.31. The molecule has 3 rings (SSSR count). The molecule has 6 heteroatoms. The van der Waals surface area contributed by atoms with E-state index in [2.05, 4.69) is 5.32 Å². The second kappa shape index (κ2) is 8.66. The van der Waals surface area contributed by atoms with E-state index in [1.807, 2.05) is 68.4 Å². The summed E-state index contributed by atoms with van der Waals surface area (Å²) < 4.78 is 25.9. The Hall–Kier alpha value is -2.86. The normalized spacial score (nSPS) is 11.4. The van der Waals surface area contributed by atoms with E-state index < -0.39 is 10.0 Å². The molecule has 1 amide bonds. The van der Waals surface area contributed by atoms with Gasteiger partial charge in [-0.3, -0.25) is 9.10 Å². The zero-order valence-corrected chi connectivity index (χ0v) is 17.8. The van der Waals surface area contributed by atoms with Gasteiger partial charge in [0.15, 0.2) is 0 Å². The quantitative estimate of drug-likeness (QED) is 0.617. The van der Waals surface area contributed by atoms with Gasteiger partial charge in [0.25, 0.3) is 0 Å². The molecule has 152 valence electrons. The van der Waals surface area contributed by atoms with Crippen LogP contribution >= 0.6 is 0 Å². The van der Waals surface area contributed by atoms with E-state index in [0.29, 0.717) is 12.1 Å². The van der Waals surface area contributed by atoms with Gasteiger partial charge in [0.05, 0.1) is 11.9 Å². The SMILES string of the molecule is Cc1ccc(N(CCCC(=O)Nc2ccc3ccccc3c2)S(C)(=O)=O)cc1C. The van der Waals surface area contributed by atoms with Gasteiger partial charge >= 0.3 is 0 Å². The van der Waals surface area contributed by atoms with E-state index in [1.165, 1.54) is 10.6 Å². The molecule has 0 unspecified atom stereocenters. The molecule has 0 aliphatic heterocycles. The third kappa shape index (κ3) is 5.35. The van der Waals surface area contributed by atoms with Crippen molar-refractivity contribution in [3.05, 3.63) is 71.8 Å². The van der Waals surface area contributed by atoms with Crippen molar-refractivity contribution in [2.75, 3.05) is 22.4 Å². The maximum absolute atomic E-state index is 12.3. The molecule has 0 bridgehead atoms. The number of benzene rings is 3. The van der Waals surface area contributed by atoms with E-state index in [1.54, 1.807) is 6.07 Å². The van der Waals surface area contributed by atoms with Crippen LogP contribution in [0.15, 0.2) is 60.7 Å². The minimum absolute atomic E-state index is 0.131. The van der Waals surface area contributed by atoms with Gasteiger partial charge in [0.1, 0.15) is 0 Å². The highest BCUT2D eigenvalue weighted by molar-refractivity contribution is 7.92. The van der Waals surface area contributed by atoms with Crippen LogP contribution in [0.4, 0.5) is 11.4 Å². The van der Waals surface area contributed by atoms with Gasteiger partial charge in [-0.25, -0.2) is 8.42 Å². The molecule has 0 aromatic heterocycles. The zero-order chi connectivity index (χ0) is 21.0. The van der Waals surface area contributed by atoms with Crippen LogP contribution in [0.5, 0.6) is 0 Å². The number of sulfonamides is 1. The number of hydrogen-bond acceptors (Lipinski definition) is 3. The molecule has 5 nitrogen and oxygen atoms in total. The summed E-state index contributed by atoms with van der Waals surface area (Å²) in [6.07, 6.45) is 1.86. The number of amides is 1. The minimum atomic E-state index is -3.43. The van der Waals surface area contributed by atoms with E-state index in [9.17, 15) is 13.2 Å². The lowest BCUT2D eigenvalue weighted by atomic mass is 10.1. The molecule has 1 N–H and O–H groups in total. The van der Waals surface area contributed by atoms with Crippen LogP contribution in [-0.4, -0.2) is 27.1 Å². The fourth-order valence-electron chi connectivity index (χ4n) is 3.24. The number of nitrogens with one attached hydrogen (secondary N) is 1. The summed E-state index contributed by atoms with van der Waals surface area (Å²) in [5.74, 6) is -0.131. The highest BCUT2D eigenvalue weighted by atomic mass is 32.2. The van der Waals surface area contributed by atoms with E-state index in [-0.39, 0.29) is 18.9 Å². The number of fused-ring (bicyclic) bond motifs is 1. The first-order valence-corrected chi connectivity index (χ1v) is 11.4. The van der Waals surface area contributed by atoms with Crippen LogP contribution in [0.25, 0.3) is 10.8 Å². The Bertz CT molecular complexity index is 1140. The summed E-state index contributed by atoms with van der Waals surface area (Å²) in [6, 6.07) is 19.3. The molecule has 0 atom stereocenters. The van der Waals surface area contributed by atoms with Crippen molar-refractivity contribution in [1.29, 1.82) is 0 Å². The second-order valence-electron chi connectivity index (χ2n) is 7.32.